The van der Waals surface area contributed by atoms with E-state index in [-0.39, 0.29) is 52.4 Å². The monoisotopic (exact) mass is 392 g/mol. The van der Waals surface area contributed by atoms with Gasteiger partial charge in [-0.2, -0.15) is 10.2 Å². The third kappa shape index (κ3) is 3.98. The summed E-state index contributed by atoms with van der Waals surface area (Å²) in [6.07, 6.45) is 0. The van der Waals surface area contributed by atoms with E-state index in [1.54, 1.807) is 0 Å². The second-order valence-corrected chi connectivity index (χ2v) is 5.85. The second-order valence-electron chi connectivity index (χ2n) is 5.85. The molecule has 0 unspecified atom stereocenters. The molecule has 10 heteroatoms. The van der Waals surface area contributed by atoms with E-state index < -0.39 is 4.92 Å². The average molecular weight is 392 g/mol. The van der Waals surface area contributed by atoms with Crippen molar-refractivity contribution >= 4 is 17.5 Å². The second kappa shape index (κ2) is 8.10. The Bertz CT molecular complexity index is 1110. The van der Waals surface area contributed by atoms with Crippen LogP contribution in [0, 0.1) is 21.4 Å². The fraction of sp³-hybridized carbons (Fsp3) is 0.105. The Balaban J connectivity index is 2.16. The molecule has 10 nitrogen and oxygen atoms in total. The van der Waals surface area contributed by atoms with E-state index in [1.807, 2.05) is 36.4 Å². The number of benzene rings is 2. The fourth-order valence-electron chi connectivity index (χ4n) is 2.70. The zero-order valence-electron chi connectivity index (χ0n) is 15.3. The van der Waals surface area contributed by atoms with Gasteiger partial charge < -0.3 is 20.9 Å². The van der Waals surface area contributed by atoms with Crippen molar-refractivity contribution < 1.29 is 14.4 Å². The molecule has 0 saturated carbocycles. The minimum atomic E-state index is -0.617. The van der Waals surface area contributed by atoms with Crippen LogP contribution in [-0.4, -0.2) is 22.0 Å². The van der Waals surface area contributed by atoms with Crippen molar-refractivity contribution in [3.63, 3.8) is 0 Å². The Morgan fingerprint density at radius 2 is 1.90 bits per heavy atom. The van der Waals surface area contributed by atoms with Gasteiger partial charge in [-0.25, -0.2) is 4.98 Å². The van der Waals surface area contributed by atoms with Gasteiger partial charge in [0.2, 0.25) is 5.95 Å². The molecule has 2 aromatic carbocycles. The maximum Gasteiger partial charge on any atom is 0.282 e. The van der Waals surface area contributed by atoms with Crippen LogP contribution in [0.3, 0.4) is 0 Å². The number of rotatable bonds is 6. The summed E-state index contributed by atoms with van der Waals surface area (Å²) in [5.41, 5.74) is 11.8. The minimum Gasteiger partial charge on any atom is -0.493 e. The van der Waals surface area contributed by atoms with E-state index in [0.717, 1.165) is 5.56 Å². The van der Waals surface area contributed by atoms with E-state index in [2.05, 4.69) is 9.97 Å². The Labute approximate surface area is 165 Å². The molecule has 0 aliphatic carbocycles. The van der Waals surface area contributed by atoms with Gasteiger partial charge in [0.1, 0.15) is 29.8 Å². The summed E-state index contributed by atoms with van der Waals surface area (Å²) in [4.78, 5) is 18.8. The number of nitro benzene ring substituents is 1. The molecule has 1 aromatic heterocycles. The molecule has 0 bridgehead atoms. The highest BCUT2D eigenvalue weighted by molar-refractivity contribution is 5.81. The van der Waals surface area contributed by atoms with Crippen molar-refractivity contribution in [2.75, 3.05) is 18.6 Å². The molecule has 29 heavy (non-hydrogen) atoms. The summed E-state index contributed by atoms with van der Waals surface area (Å²) in [7, 11) is 1.37. The van der Waals surface area contributed by atoms with Crippen LogP contribution in [0.5, 0.6) is 11.5 Å². The molecule has 1 heterocycles. The number of hydrogen-bond acceptors (Lipinski definition) is 9. The Morgan fingerprint density at radius 1 is 1.17 bits per heavy atom. The number of anilines is 2. The van der Waals surface area contributed by atoms with E-state index in [0.29, 0.717) is 0 Å². The molecule has 0 radical (unpaired) electrons. The number of nitrogens with zero attached hydrogens (tertiary/aromatic N) is 4. The third-order valence-electron chi connectivity index (χ3n) is 4.04. The molecule has 0 fully saturated rings. The highest BCUT2D eigenvalue weighted by atomic mass is 16.6. The highest BCUT2D eigenvalue weighted by Crippen LogP contribution is 2.41. The lowest BCUT2D eigenvalue weighted by Gasteiger charge is -2.14. The van der Waals surface area contributed by atoms with Crippen LogP contribution in [-0.2, 0) is 6.61 Å². The molecule has 146 valence electrons. The normalized spacial score (nSPS) is 10.2. The van der Waals surface area contributed by atoms with Crippen molar-refractivity contribution in [2.45, 2.75) is 6.61 Å². The van der Waals surface area contributed by atoms with Crippen molar-refractivity contribution in [1.82, 2.24) is 9.97 Å². The van der Waals surface area contributed by atoms with Crippen LogP contribution >= 0.6 is 0 Å². The van der Waals surface area contributed by atoms with E-state index in [1.165, 1.54) is 19.2 Å². The SMILES string of the molecule is COc1cc([N+](=O)[O-])c(-c2nc(N)nc(N)c2C#N)cc1OCc1ccccc1. The number of hydrogen-bond donors (Lipinski definition) is 2. The first-order valence-electron chi connectivity index (χ1n) is 8.31. The Morgan fingerprint density at radius 3 is 2.52 bits per heavy atom. The molecule has 0 spiro atoms. The Hall–Kier alpha value is -4.39. The maximum absolute atomic E-state index is 11.6. The lowest BCUT2D eigenvalue weighted by atomic mass is 10.0. The molecule has 0 aliphatic heterocycles. The molecule has 0 saturated heterocycles. The van der Waals surface area contributed by atoms with Gasteiger partial charge in [0, 0.05) is 6.07 Å². The molecule has 3 rings (SSSR count). The van der Waals surface area contributed by atoms with Crippen molar-refractivity contribution in [1.29, 1.82) is 5.26 Å². The van der Waals surface area contributed by atoms with Gasteiger partial charge in [0.25, 0.3) is 5.69 Å². The number of methoxy groups -OCH3 is 1. The Kier molecular flexibility index (Phi) is 5.41. The highest BCUT2D eigenvalue weighted by Gasteiger charge is 2.25. The van der Waals surface area contributed by atoms with Crippen molar-refractivity contribution in [3.05, 3.63) is 63.7 Å². The maximum atomic E-state index is 11.6. The van der Waals surface area contributed by atoms with Gasteiger partial charge in [-0.05, 0) is 5.56 Å². The van der Waals surface area contributed by atoms with Gasteiger partial charge in [0.15, 0.2) is 11.5 Å². The standard InChI is InChI=1S/C19H16N6O4/c1-28-15-8-14(25(26)27)12(17-13(9-20)18(21)24-19(22)23-17)7-16(15)29-10-11-5-3-2-4-6-11/h2-8H,10H2,1H3,(H4,21,22,23,24). The third-order valence-corrected chi connectivity index (χ3v) is 4.04. The van der Waals surface area contributed by atoms with Gasteiger partial charge in [-0.15, -0.1) is 0 Å². The summed E-state index contributed by atoms with van der Waals surface area (Å²) in [5.74, 6) is 0.00160. The van der Waals surface area contributed by atoms with E-state index in [4.69, 9.17) is 20.9 Å². The lowest BCUT2D eigenvalue weighted by Crippen LogP contribution is -2.07. The van der Waals surface area contributed by atoms with Crippen LogP contribution in [0.15, 0.2) is 42.5 Å². The van der Waals surface area contributed by atoms with Gasteiger partial charge in [-0.3, -0.25) is 10.1 Å². The number of nitrogens with two attached hydrogens (primary N) is 2. The van der Waals surface area contributed by atoms with Gasteiger partial charge in [0.05, 0.1) is 23.7 Å². The first-order valence-corrected chi connectivity index (χ1v) is 8.31. The zero-order chi connectivity index (χ0) is 21.0. The fourth-order valence-corrected chi connectivity index (χ4v) is 2.70. The predicted molar refractivity (Wildman–Crippen MR) is 105 cm³/mol. The quantitative estimate of drug-likeness (QED) is 0.474. The average Bonchev–Trinajstić information content (AvgIpc) is 2.71. The van der Waals surface area contributed by atoms with Crippen LogP contribution in [0.1, 0.15) is 11.1 Å². The molecule has 4 N–H and O–H groups in total. The lowest BCUT2D eigenvalue weighted by molar-refractivity contribution is -0.384. The van der Waals surface area contributed by atoms with Crippen molar-refractivity contribution in [3.8, 4) is 28.8 Å². The topological polar surface area (TPSA) is 163 Å². The molecule has 3 aromatic rings. The number of ether oxygens (including phenoxy) is 2. The number of nitriles is 1. The zero-order valence-corrected chi connectivity index (χ0v) is 15.3. The molecular weight excluding hydrogens is 376 g/mol. The largest absolute Gasteiger partial charge is 0.493 e. The van der Waals surface area contributed by atoms with Crippen molar-refractivity contribution in [2.24, 2.45) is 0 Å². The van der Waals surface area contributed by atoms with E-state index >= 15 is 0 Å². The van der Waals surface area contributed by atoms with Crippen LogP contribution in [0.25, 0.3) is 11.3 Å². The summed E-state index contributed by atoms with van der Waals surface area (Å²) in [6.45, 7) is 0.202. The summed E-state index contributed by atoms with van der Waals surface area (Å²) in [5, 5.41) is 21.1. The number of nitro groups is 1. The van der Waals surface area contributed by atoms with Gasteiger partial charge in [-0.1, -0.05) is 30.3 Å². The predicted octanol–water partition coefficient (Wildman–Crippen LogP) is 2.68. The molecule has 0 amide bonds. The molecule has 0 atom stereocenters. The summed E-state index contributed by atoms with van der Waals surface area (Å²) in [6, 6.07) is 13.8. The minimum absolute atomic E-state index is 0.0104. The van der Waals surface area contributed by atoms with Crippen LogP contribution < -0.4 is 20.9 Å². The summed E-state index contributed by atoms with van der Waals surface area (Å²) < 4.78 is 11.1. The smallest absolute Gasteiger partial charge is 0.282 e. The van der Waals surface area contributed by atoms with Crippen LogP contribution in [0.2, 0.25) is 0 Å². The van der Waals surface area contributed by atoms with E-state index in [9.17, 15) is 15.4 Å². The van der Waals surface area contributed by atoms with Crippen LogP contribution in [0.4, 0.5) is 17.5 Å². The molecular formula is C19H16N6O4. The summed E-state index contributed by atoms with van der Waals surface area (Å²) >= 11 is 0. The first kappa shape index (κ1) is 19.4. The first-order chi connectivity index (χ1) is 13.9. The molecule has 0 aliphatic rings. The number of aromatic nitrogens is 2. The number of nitrogen functional groups attached to an aromatic ring is 2. The van der Waals surface area contributed by atoms with Gasteiger partial charge >= 0.3 is 0 Å².